The Morgan fingerprint density at radius 1 is 0.838 bits per heavy atom. The highest BCUT2D eigenvalue weighted by Crippen LogP contribution is 2.41. The van der Waals surface area contributed by atoms with Crippen LogP contribution < -0.4 is 4.90 Å². The van der Waals surface area contributed by atoms with Crippen molar-refractivity contribution in [2.45, 2.75) is 54.1 Å². The zero-order valence-electron chi connectivity index (χ0n) is 22.6. The van der Waals surface area contributed by atoms with Crippen molar-refractivity contribution in [3.05, 3.63) is 105 Å². The monoisotopic (exact) mass is 496 g/mol. The zero-order chi connectivity index (χ0) is 26.9. The van der Waals surface area contributed by atoms with Gasteiger partial charge in [0.15, 0.2) is 0 Å². The summed E-state index contributed by atoms with van der Waals surface area (Å²) in [7, 11) is 0. The Hall–Kier alpha value is -3.86. The molecule has 0 bridgehead atoms. The molecule has 1 aliphatic rings. The van der Waals surface area contributed by atoms with E-state index in [2.05, 4.69) is 24.8 Å². The normalized spacial score (nSPS) is 16.9. The molecule has 3 aromatic carbocycles. The van der Waals surface area contributed by atoms with Crippen LogP contribution >= 0.6 is 0 Å². The van der Waals surface area contributed by atoms with E-state index < -0.39 is 17.7 Å². The van der Waals surface area contributed by atoms with Crippen LogP contribution in [0.25, 0.3) is 5.76 Å². The molecule has 5 heteroatoms. The predicted molar refractivity (Wildman–Crippen MR) is 150 cm³/mol. The van der Waals surface area contributed by atoms with Crippen LogP contribution in [0.1, 0.15) is 58.8 Å². The Morgan fingerprint density at radius 2 is 1.43 bits per heavy atom. The van der Waals surface area contributed by atoms with Crippen molar-refractivity contribution in [3.63, 3.8) is 0 Å². The number of nitrogens with zero attached hydrogens (tertiary/aromatic N) is 2. The van der Waals surface area contributed by atoms with E-state index in [1.807, 2.05) is 82.3 Å². The topological polar surface area (TPSA) is 60.9 Å². The van der Waals surface area contributed by atoms with Gasteiger partial charge in [-0.3, -0.25) is 9.59 Å². The largest absolute Gasteiger partial charge is 0.507 e. The van der Waals surface area contributed by atoms with E-state index in [-0.39, 0.29) is 17.9 Å². The molecule has 192 valence electrons. The van der Waals surface area contributed by atoms with Crippen LogP contribution in [0.3, 0.4) is 0 Å². The van der Waals surface area contributed by atoms with Gasteiger partial charge in [-0.25, -0.2) is 0 Å². The lowest BCUT2D eigenvalue weighted by Gasteiger charge is -2.27. The maximum absolute atomic E-state index is 13.5. The molecule has 4 rings (SSSR count). The summed E-state index contributed by atoms with van der Waals surface area (Å²) < 4.78 is 0. The second-order valence-electron chi connectivity index (χ2n) is 9.94. The SMILES string of the molecule is CCN(CC)c1ccc(C2/C(=C(\O)c3cc(C)ccc3C)C(=O)C(=O)N2Cc2cc(C)ccc2C)cc1. The second-order valence-corrected chi connectivity index (χ2v) is 9.94. The average molecular weight is 497 g/mol. The number of hydrogen-bond donors (Lipinski definition) is 1. The molecule has 1 unspecified atom stereocenters. The van der Waals surface area contributed by atoms with Crippen molar-refractivity contribution in [2.75, 3.05) is 18.0 Å². The van der Waals surface area contributed by atoms with E-state index in [0.717, 1.165) is 52.2 Å². The number of carbonyl (C=O) groups excluding carboxylic acids is 2. The first kappa shape index (κ1) is 26.2. The minimum atomic E-state index is -0.689. The van der Waals surface area contributed by atoms with Gasteiger partial charge in [0.05, 0.1) is 11.6 Å². The number of hydrogen-bond acceptors (Lipinski definition) is 4. The molecule has 0 radical (unpaired) electrons. The van der Waals surface area contributed by atoms with Gasteiger partial charge in [-0.15, -0.1) is 0 Å². The molecule has 1 fully saturated rings. The van der Waals surface area contributed by atoms with Crippen LogP contribution in [0.15, 0.2) is 66.2 Å². The number of aliphatic hydroxyl groups excluding tert-OH is 1. The molecule has 0 aliphatic carbocycles. The molecule has 1 aliphatic heterocycles. The fraction of sp³-hybridized carbons (Fsp3) is 0.312. The summed E-state index contributed by atoms with van der Waals surface area (Å²) in [5.41, 5.74) is 7.54. The highest BCUT2D eigenvalue weighted by molar-refractivity contribution is 6.46. The Kier molecular flexibility index (Phi) is 7.53. The summed E-state index contributed by atoms with van der Waals surface area (Å²) in [6.45, 7) is 14.1. The Balaban J connectivity index is 1.89. The molecule has 0 spiro atoms. The number of carbonyl (C=O) groups is 2. The smallest absolute Gasteiger partial charge is 0.295 e. The van der Waals surface area contributed by atoms with Gasteiger partial charge >= 0.3 is 0 Å². The molecule has 37 heavy (non-hydrogen) atoms. The summed E-state index contributed by atoms with van der Waals surface area (Å²) >= 11 is 0. The molecular formula is C32H36N2O3. The predicted octanol–water partition coefficient (Wildman–Crippen LogP) is 6.39. The van der Waals surface area contributed by atoms with Gasteiger partial charge in [0.25, 0.3) is 11.7 Å². The van der Waals surface area contributed by atoms with E-state index in [9.17, 15) is 14.7 Å². The van der Waals surface area contributed by atoms with Gasteiger partial charge < -0.3 is 14.9 Å². The van der Waals surface area contributed by atoms with Gasteiger partial charge in [-0.2, -0.15) is 0 Å². The quantitative estimate of drug-likeness (QED) is 0.234. The summed E-state index contributed by atoms with van der Waals surface area (Å²) in [4.78, 5) is 30.8. The lowest BCUT2D eigenvalue weighted by molar-refractivity contribution is -0.140. The molecule has 5 nitrogen and oxygen atoms in total. The lowest BCUT2D eigenvalue weighted by atomic mass is 9.93. The van der Waals surface area contributed by atoms with Crippen LogP contribution in [-0.4, -0.2) is 34.8 Å². The highest BCUT2D eigenvalue weighted by Gasteiger charge is 2.46. The molecule has 0 aromatic heterocycles. The molecule has 1 amide bonds. The van der Waals surface area contributed by atoms with E-state index in [1.165, 1.54) is 0 Å². The van der Waals surface area contributed by atoms with Crippen molar-refractivity contribution in [1.82, 2.24) is 4.90 Å². The number of aryl methyl sites for hydroxylation is 4. The van der Waals surface area contributed by atoms with Crippen molar-refractivity contribution in [1.29, 1.82) is 0 Å². The maximum Gasteiger partial charge on any atom is 0.295 e. The Bertz CT molecular complexity index is 1370. The number of likely N-dealkylation sites (tertiary alicyclic amines) is 1. The zero-order valence-corrected chi connectivity index (χ0v) is 22.6. The van der Waals surface area contributed by atoms with Crippen LogP contribution in [0.2, 0.25) is 0 Å². The number of amides is 1. The van der Waals surface area contributed by atoms with E-state index in [0.29, 0.717) is 5.56 Å². The van der Waals surface area contributed by atoms with E-state index >= 15 is 0 Å². The minimum absolute atomic E-state index is 0.124. The number of rotatable bonds is 7. The van der Waals surface area contributed by atoms with Gasteiger partial charge in [-0.1, -0.05) is 53.6 Å². The standard InChI is InChI=1S/C32H36N2O3/c1-7-33(8-2)26-15-13-24(14-16-26)29-28(30(35)27-18-21(4)10-12-23(27)6)31(36)32(37)34(29)19-25-17-20(3)9-11-22(25)5/h9-18,29,35H,7-8,19H2,1-6H3/b30-28+. The number of anilines is 1. The average Bonchev–Trinajstić information content (AvgIpc) is 3.13. The maximum atomic E-state index is 13.5. The van der Waals surface area contributed by atoms with Gasteiger partial charge in [-0.05, 0) is 82.0 Å². The number of benzene rings is 3. The van der Waals surface area contributed by atoms with Crippen molar-refractivity contribution < 1.29 is 14.7 Å². The third-order valence-corrected chi connectivity index (χ3v) is 7.37. The second kappa shape index (κ2) is 10.6. The molecule has 1 heterocycles. The third kappa shape index (κ3) is 5.04. The lowest BCUT2D eigenvalue weighted by Crippen LogP contribution is -2.29. The highest BCUT2D eigenvalue weighted by atomic mass is 16.3. The van der Waals surface area contributed by atoms with Gasteiger partial charge in [0.1, 0.15) is 5.76 Å². The van der Waals surface area contributed by atoms with Gasteiger partial charge in [0, 0.05) is 30.9 Å². The molecule has 1 N–H and O–H groups in total. The Labute approximate surface area is 220 Å². The summed E-state index contributed by atoms with van der Waals surface area (Å²) in [6, 6.07) is 19.2. The molecule has 1 saturated heterocycles. The van der Waals surface area contributed by atoms with Crippen molar-refractivity contribution in [2.24, 2.45) is 0 Å². The summed E-state index contributed by atoms with van der Waals surface area (Å²) in [6.07, 6.45) is 0. The summed E-state index contributed by atoms with van der Waals surface area (Å²) in [5.74, 6) is -1.37. The fourth-order valence-corrected chi connectivity index (χ4v) is 5.14. The van der Waals surface area contributed by atoms with Crippen molar-refractivity contribution in [3.8, 4) is 0 Å². The first-order chi connectivity index (χ1) is 17.7. The number of Topliss-reactive ketones (excluding diaryl/α,β-unsaturated/α-hetero) is 1. The fourth-order valence-electron chi connectivity index (χ4n) is 5.14. The van der Waals surface area contributed by atoms with E-state index in [1.54, 1.807) is 4.90 Å². The van der Waals surface area contributed by atoms with Crippen LogP contribution in [-0.2, 0) is 16.1 Å². The molecule has 0 saturated carbocycles. The first-order valence-corrected chi connectivity index (χ1v) is 12.9. The Morgan fingerprint density at radius 3 is 2.05 bits per heavy atom. The first-order valence-electron chi connectivity index (χ1n) is 12.9. The summed E-state index contributed by atoms with van der Waals surface area (Å²) in [5, 5.41) is 11.5. The molecule has 3 aromatic rings. The molecular weight excluding hydrogens is 460 g/mol. The van der Waals surface area contributed by atoms with Crippen molar-refractivity contribution >= 4 is 23.1 Å². The van der Waals surface area contributed by atoms with E-state index in [4.69, 9.17) is 0 Å². The van der Waals surface area contributed by atoms with Crippen LogP contribution in [0, 0.1) is 27.7 Å². The van der Waals surface area contributed by atoms with Gasteiger partial charge in [0.2, 0.25) is 0 Å². The van der Waals surface area contributed by atoms with Crippen LogP contribution in [0.4, 0.5) is 5.69 Å². The molecule has 1 atom stereocenters. The van der Waals surface area contributed by atoms with Crippen LogP contribution in [0.5, 0.6) is 0 Å². The number of aliphatic hydroxyl groups is 1. The minimum Gasteiger partial charge on any atom is -0.507 e. The number of ketones is 1. The third-order valence-electron chi connectivity index (χ3n) is 7.37.